The largest absolute Gasteiger partial charge is 0.479 e. The summed E-state index contributed by atoms with van der Waals surface area (Å²) in [7, 11) is 0. The van der Waals surface area contributed by atoms with E-state index in [1.807, 2.05) is 13.8 Å². The van der Waals surface area contributed by atoms with E-state index >= 15 is 0 Å². The maximum absolute atomic E-state index is 10.6. The molecule has 4 nitrogen and oxygen atoms in total. The van der Waals surface area contributed by atoms with Crippen LogP contribution in [0.1, 0.15) is 20.8 Å². The fourth-order valence-electron chi connectivity index (χ4n) is 0.803. The fraction of sp³-hybridized carbons (Fsp3) is 0.889. The first-order chi connectivity index (χ1) is 6.07. The van der Waals surface area contributed by atoms with Gasteiger partial charge >= 0.3 is 5.97 Å². The average molecular weight is 190 g/mol. The van der Waals surface area contributed by atoms with E-state index in [1.165, 1.54) is 0 Å². The Morgan fingerprint density at radius 2 is 2.00 bits per heavy atom. The first kappa shape index (κ1) is 12.4. The van der Waals surface area contributed by atoms with Gasteiger partial charge in [-0.1, -0.05) is 13.8 Å². The van der Waals surface area contributed by atoms with Crippen LogP contribution in [0.15, 0.2) is 0 Å². The van der Waals surface area contributed by atoms with Crippen molar-refractivity contribution in [3.63, 3.8) is 0 Å². The molecule has 0 heterocycles. The van der Waals surface area contributed by atoms with Crippen molar-refractivity contribution in [3.05, 3.63) is 0 Å². The van der Waals surface area contributed by atoms with Gasteiger partial charge in [0.25, 0.3) is 0 Å². The number of aliphatic carboxylic acids is 1. The first-order valence-electron chi connectivity index (χ1n) is 4.50. The van der Waals surface area contributed by atoms with Gasteiger partial charge in [0.15, 0.2) is 6.10 Å². The van der Waals surface area contributed by atoms with Crippen LogP contribution in [-0.2, 0) is 14.3 Å². The summed E-state index contributed by atoms with van der Waals surface area (Å²) in [5.41, 5.74) is 0. The number of hydrogen-bond acceptors (Lipinski definition) is 3. The van der Waals surface area contributed by atoms with Gasteiger partial charge in [-0.05, 0) is 12.8 Å². The molecule has 0 amide bonds. The van der Waals surface area contributed by atoms with Crippen molar-refractivity contribution in [1.82, 2.24) is 0 Å². The fourth-order valence-corrected chi connectivity index (χ4v) is 0.803. The van der Waals surface area contributed by atoms with Crippen molar-refractivity contribution in [1.29, 1.82) is 0 Å². The Morgan fingerprint density at radius 3 is 2.38 bits per heavy atom. The molecule has 0 aromatic heterocycles. The zero-order chi connectivity index (χ0) is 10.3. The molecule has 0 bridgehead atoms. The molecule has 0 aliphatic rings. The van der Waals surface area contributed by atoms with Gasteiger partial charge in [0.1, 0.15) is 0 Å². The third kappa shape index (κ3) is 6.54. The van der Waals surface area contributed by atoms with Crippen molar-refractivity contribution >= 4 is 5.97 Å². The molecule has 0 saturated heterocycles. The van der Waals surface area contributed by atoms with Gasteiger partial charge in [0.2, 0.25) is 0 Å². The van der Waals surface area contributed by atoms with Crippen molar-refractivity contribution in [2.75, 3.05) is 19.8 Å². The summed E-state index contributed by atoms with van der Waals surface area (Å²) in [6.07, 6.45) is -0.830. The van der Waals surface area contributed by atoms with E-state index in [-0.39, 0.29) is 6.61 Å². The maximum Gasteiger partial charge on any atom is 0.335 e. The lowest BCUT2D eigenvalue weighted by molar-refractivity contribution is -0.154. The van der Waals surface area contributed by atoms with E-state index in [4.69, 9.17) is 14.6 Å². The van der Waals surface area contributed by atoms with E-state index in [2.05, 4.69) is 0 Å². The zero-order valence-corrected chi connectivity index (χ0v) is 8.45. The van der Waals surface area contributed by atoms with E-state index in [1.54, 1.807) is 6.92 Å². The standard InChI is InChI=1S/C9H18O4/c1-4-13-8(9(10)11)6-12-5-7(2)3/h7-8H,4-6H2,1-3H3,(H,10,11). The summed E-state index contributed by atoms with van der Waals surface area (Å²) < 4.78 is 10.1. The highest BCUT2D eigenvalue weighted by atomic mass is 16.5. The molecule has 0 rings (SSSR count). The van der Waals surface area contributed by atoms with Gasteiger partial charge in [0.05, 0.1) is 6.61 Å². The summed E-state index contributed by atoms with van der Waals surface area (Å²) in [4.78, 5) is 10.6. The lowest BCUT2D eigenvalue weighted by atomic mass is 10.2. The average Bonchev–Trinajstić information content (AvgIpc) is 2.02. The molecule has 0 fully saturated rings. The summed E-state index contributed by atoms with van der Waals surface area (Å²) in [6.45, 7) is 6.87. The Balaban J connectivity index is 3.63. The predicted octanol–water partition coefficient (Wildman–Crippen LogP) is 1.15. The van der Waals surface area contributed by atoms with Gasteiger partial charge in [-0.15, -0.1) is 0 Å². The van der Waals surface area contributed by atoms with Gasteiger partial charge in [-0.3, -0.25) is 0 Å². The van der Waals surface area contributed by atoms with Crippen LogP contribution in [0.25, 0.3) is 0 Å². The monoisotopic (exact) mass is 190 g/mol. The number of carboxylic acids is 1. The van der Waals surface area contributed by atoms with Crippen LogP contribution in [-0.4, -0.2) is 37.0 Å². The van der Waals surface area contributed by atoms with Crippen LogP contribution in [0.4, 0.5) is 0 Å². The van der Waals surface area contributed by atoms with Gasteiger partial charge < -0.3 is 14.6 Å². The third-order valence-electron chi connectivity index (χ3n) is 1.36. The SMILES string of the molecule is CCOC(COCC(C)C)C(=O)O. The van der Waals surface area contributed by atoms with Crippen molar-refractivity contribution in [2.24, 2.45) is 5.92 Å². The zero-order valence-electron chi connectivity index (χ0n) is 8.45. The third-order valence-corrected chi connectivity index (χ3v) is 1.36. The topological polar surface area (TPSA) is 55.8 Å². The predicted molar refractivity (Wildman–Crippen MR) is 48.7 cm³/mol. The minimum absolute atomic E-state index is 0.126. The highest BCUT2D eigenvalue weighted by Crippen LogP contribution is 1.97. The lowest BCUT2D eigenvalue weighted by Crippen LogP contribution is -2.29. The number of hydrogen-bond donors (Lipinski definition) is 1. The van der Waals surface area contributed by atoms with Crippen molar-refractivity contribution in [3.8, 4) is 0 Å². The van der Waals surface area contributed by atoms with E-state index in [0.29, 0.717) is 19.1 Å². The second kappa shape index (κ2) is 6.86. The van der Waals surface area contributed by atoms with Crippen molar-refractivity contribution < 1.29 is 19.4 Å². The molecular formula is C9H18O4. The summed E-state index contributed by atoms with van der Waals surface area (Å²) in [5.74, 6) is -0.554. The van der Waals surface area contributed by atoms with Gasteiger partial charge in [-0.2, -0.15) is 0 Å². The molecule has 1 unspecified atom stereocenters. The molecular weight excluding hydrogens is 172 g/mol. The molecule has 0 aliphatic heterocycles. The van der Waals surface area contributed by atoms with Gasteiger partial charge in [0, 0.05) is 13.2 Å². The van der Waals surface area contributed by atoms with Crippen LogP contribution in [0.3, 0.4) is 0 Å². The van der Waals surface area contributed by atoms with Crippen LogP contribution in [0.5, 0.6) is 0 Å². The van der Waals surface area contributed by atoms with Crippen LogP contribution in [0.2, 0.25) is 0 Å². The molecule has 0 aromatic rings. The minimum Gasteiger partial charge on any atom is -0.479 e. The number of ether oxygens (including phenoxy) is 2. The highest BCUT2D eigenvalue weighted by Gasteiger charge is 2.17. The molecule has 0 spiro atoms. The number of carbonyl (C=O) groups is 1. The summed E-state index contributed by atoms with van der Waals surface area (Å²) in [6, 6.07) is 0. The van der Waals surface area contributed by atoms with E-state index in [9.17, 15) is 4.79 Å². The summed E-state index contributed by atoms with van der Waals surface area (Å²) in [5, 5.41) is 8.66. The Bertz CT molecular complexity index is 145. The first-order valence-corrected chi connectivity index (χ1v) is 4.50. The minimum atomic E-state index is -0.967. The molecule has 0 aliphatic carbocycles. The number of rotatable bonds is 7. The highest BCUT2D eigenvalue weighted by molar-refractivity contribution is 5.72. The Kier molecular flexibility index (Phi) is 6.54. The molecule has 1 atom stereocenters. The Labute approximate surface area is 78.8 Å². The lowest BCUT2D eigenvalue weighted by Gasteiger charge is -2.13. The Morgan fingerprint density at radius 1 is 1.38 bits per heavy atom. The second-order valence-corrected chi connectivity index (χ2v) is 3.21. The normalized spacial score (nSPS) is 13.2. The van der Waals surface area contributed by atoms with Crippen molar-refractivity contribution in [2.45, 2.75) is 26.9 Å². The van der Waals surface area contributed by atoms with E-state index < -0.39 is 12.1 Å². The van der Waals surface area contributed by atoms with Crippen LogP contribution < -0.4 is 0 Å². The molecule has 1 N–H and O–H groups in total. The molecule has 13 heavy (non-hydrogen) atoms. The smallest absolute Gasteiger partial charge is 0.335 e. The Hall–Kier alpha value is -0.610. The maximum atomic E-state index is 10.6. The molecule has 4 heteroatoms. The molecule has 0 radical (unpaired) electrons. The molecule has 78 valence electrons. The number of carboxylic acid groups (broad SMARTS) is 1. The summed E-state index contributed by atoms with van der Waals surface area (Å²) >= 11 is 0. The van der Waals surface area contributed by atoms with Gasteiger partial charge in [-0.25, -0.2) is 4.79 Å². The van der Waals surface area contributed by atoms with Crippen LogP contribution >= 0.6 is 0 Å². The van der Waals surface area contributed by atoms with Crippen LogP contribution in [0, 0.1) is 5.92 Å². The van der Waals surface area contributed by atoms with E-state index in [0.717, 1.165) is 0 Å². The molecule has 0 saturated carbocycles. The second-order valence-electron chi connectivity index (χ2n) is 3.21. The quantitative estimate of drug-likeness (QED) is 0.654. The molecule has 0 aromatic carbocycles.